The fraction of sp³-hybridized carbons (Fsp3) is 0.278. The van der Waals surface area contributed by atoms with Crippen LogP contribution in [0.15, 0.2) is 42.5 Å². The van der Waals surface area contributed by atoms with Crippen LogP contribution in [0.3, 0.4) is 0 Å². The number of carboxylic acid groups (broad SMARTS) is 1. The van der Waals surface area contributed by atoms with Gasteiger partial charge in [-0.25, -0.2) is 0 Å². The van der Waals surface area contributed by atoms with Crippen LogP contribution >= 0.6 is 11.6 Å². The molecule has 0 aliphatic carbocycles. The molecular formula is C18H18ClNO2. The van der Waals surface area contributed by atoms with Gasteiger partial charge in [-0.05, 0) is 35.6 Å². The molecule has 0 fully saturated rings. The van der Waals surface area contributed by atoms with Crippen LogP contribution in [0.25, 0.3) is 0 Å². The molecule has 0 saturated heterocycles. The molecule has 4 heteroatoms. The van der Waals surface area contributed by atoms with Gasteiger partial charge in [0.25, 0.3) is 0 Å². The Balaban J connectivity index is 1.96. The normalized spacial score (nSPS) is 17.2. The van der Waals surface area contributed by atoms with Gasteiger partial charge < -0.3 is 10.0 Å². The summed E-state index contributed by atoms with van der Waals surface area (Å²) in [4.78, 5) is 13.1. The van der Waals surface area contributed by atoms with E-state index in [-0.39, 0.29) is 6.42 Å². The lowest BCUT2D eigenvalue weighted by Crippen LogP contribution is -2.29. The summed E-state index contributed by atoms with van der Waals surface area (Å²) >= 11 is 6.44. The zero-order chi connectivity index (χ0) is 15.7. The van der Waals surface area contributed by atoms with Gasteiger partial charge in [-0.2, -0.15) is 0 Å². The highest BCUT2D eigenvalue weighted by atomic mass is 35.5. The van der Waals surface area contributed by atoms with Crippen LogP contribution in [0.4, 0.5) is 5.69 Å². The molecule has 1 N–H and O–H groups in total. The summed E-state index contributed by atoms with van der Waals surface area (Å²) < 4.78 is 0. The third-order valence-electron chi connectivity index (χ3n) is 4.25. The van der Waals surface area contributed by atoms with Crippen LogP contribution in [0.1, 0.15) is 29.2 Å². The number of benzene rings is 2. The first kappa shape index (κ1) is 14.9. The van der Waals surface area contributed by atoms with Crippen molar-refractivity contribution in [3.05, 3.63) is 64.2 Å². The van der Waals surface area contributed by atoms with Crippen molar-refractivity contribution < 1.29 is 9.90 Å². The number of fused-ring (bicyclic) bond motifs is 1. The third kappa shape index (κ3) is 2.81. The van der Waals surface area contributed by atoms with Crippen LogP contribution in [0.2, 0.25) is 5.02 Å². The fourth-order valence-corrected chi connectivity index (χ4v) is 3.68. The minimum Gasteiger partial charge on any atom is -0.481 e. The zero-order valence-corrected chi connectivity index (χ0v) is 13.2. The maximum absolute atomic E-state index is 10.9. The molecule has 2 aromatic rings. The molecule has 0 aromatic heterocycles. The predicted octanol–water partition coefficient (Wildman–Crippen LogP) is 4.09. The van der Waals surface area contributed by atoms with Crippen molar-refractivity contribution in [2.75, 3.05) is 11.9 Å². The number of anilines is 1. The summed E-state index contributed by atoms with van der Waals surface area (Å²) in [6, 6.07) is 14.5. The van der Waals surface area contributed by atoms with Crippen LogP contribution in [0, 0.1) is 0 Å². The van der Waals surface area contributed by atoms with Crippen molar-refractivity contribution >= 4 is 23.3 Å². The number of rotatable bonds is 3. The number of hydrogen-bond donors (Lipinski definition) is 1. The van der Waals surface area contributed by atoms with Crippen LogP contribution in [-0.2, 0) is 17.6 Å². The van der Waals surface area contributed by atoms with Gasteiger partial charge in [-0.3, -0.25) is 4.79 Å². The Hall–Kier alpha value is -2.00. The van der Waals surface area contributed by atoms with E-state index in [2.05, 4.69) is 36.2 Å². The van der Waals surface area contributed by atoms with Crippen LogP contribution in [-0.4, -0.2) is 18.1 Å². The number of halogens is 1. The highest BCUT2D eigenvalue weighted by molar-refractivity contribution is 6.33. The summed E-state index contributed by atoms with van der Waals surface area (Å²) in [7, 11) is 2.05. The zero-order valence-electron chi connectivity index (χ0n) is 12.4. The molecule has 3 nitrogen and oxygen atoms in total. The maximum Gasteiger partial charge on any atom is 0.307 e. The Labute approximate surface area is 135 Å². The fourth-order valence-electron chi connectivity index (χ4n) is 3.29. The largest absolute Gasteiger partial charge is 0.481 e. The molecule has 0 radical (unpaired) electrons. The van der Waals surface area contributed by atoms with Crippen molar-refractivity contribution in [1.82, 2.24) is 0 Å². The van der Waals surface area contributed by atoms with E-state index in [1.165, 1.54) is 5.56 Å². The molecule has 0 amide bonds. The Kier molecular flexibility index (Phi) is 4.08. The van der Waals surface area contributed by atoms with E-state index in [9.17, 15) is 4.79 Å². The summed E-state index contributed by atoms with van der Waals surface area (Å²) in [6.45, 7) is 0. The molecule has 1 atom stereocenters. The average molecular weight is 316 g/mol. The van der Waals surface area contributed by atoms with Gasteiger partial charge in [-0.1, -0.05) is 48.0 Å². The molecule has 0 spiro atoms. The lowest BCUT2D eigenvalue weighted by atomic mass is 9.90. The highest BCUT2D eigenvalue weighted by Gasteiger charge is 2.27. The molecule has 1 aliphatic rings. The topological polar surface area (TPSA) is 40.5 Å². The van der Waals surface area contributed by atoms with Crippen molar-refractivity contribution in [2.45, 2.75) is 25.3 Å². The second kappa shape index (κ2) is 6.01. The Morgan fingerprint density at radius 3 is 2.73 bits per heavy atom. The van der Waals surface area contributed by atoms with Gasteiger partial charge in [0.1, 0.15) is 0 Å². The summed E-state index contributed by atoms with van der Waals surface area (Å²) in [5.74, 6) is -0.831. The molecule has 3 rings (SSSR count). The molecular weight excluding hydrogens is 298 g/mol. The molecule has 1 unspecified atom stereocenters. The van der Waals surface area contributed by atoms with Gasteiger partial charge in [0.2, 0.25) is 0 Å². The lowest BCUT2D eigenvalue weighted by molar-refractivity contribution is -0.136. The van der Waals surface area contributed by atoms with Gasteiger partial charge in [-0.15, -0.1) is 0 Å². The molecule has 0 bridgehead atoms. The molecule has 2 aromatic carbocycles. The van der Waals surface area contributed by atoms with Gasteiger partial charge >= 0.3 is 5.97 Å². The standard InChI is InChI=1S/C18H18ClNO2/c1-20-16(13-5-3-2-4-6-13)8-7-14-9-12(11-17(21)22)10-15(19)18(14)20/h2-6,9-10,16H,7-8,11H2,1H3,(H,21,22). The van der Waals surface area contributed by atoms with Gasteiger partial charge in [0.15, 0.2) is 0 Å². The van der Waals surface area contributed by atoms with E-state index >= 15 is 0 Å². The summed E-state index contributed by atoms with van der Waals surface area (Å²) in [5.41, 5.74) is 4.21. The minimum atomic E-state index is -0.831. The Bertz CT molecular complexity index is 700. The Morgan fingerprint density at radius 1 is 1.32 bits per heavy atom. The molecule has 0 saturated carbocycles. The second-order valence-corrected chi connectivity index (χ2v) is 6.14. The number of aryl methyl sites for hydroxylation is 1. The molecule has 22 heavy (non-hydrogen) atoms. The first-order valence-electron chi connectivity index (χ1n) is 7.37. The van der Waals surface area contributed by atoms with Crippen molar-refractivity contribution in [3.8, 4) is 0 Å². The smallest absolute Gasteiger partial charge is 0.307 e. The molecule has 1 heterocycles. The number of carbonyl (C=O) groups is 1. The molecule has 1 aliphatic heterocycles. The first-order chi connectivity index (χ1) is 10.6. The van der Waals surface area contributed by atoms with Crippen molar-refractivity contribution in [1.29, 1.82) is 0 Å². The van der Waals surface area contributed by atoms with Gasteiger partial charge in [0, 0.05) is 7.05 Å². The summed E-state index contributed by atoms with van der Waals surface area (Å²) in [6.07, 6.45) is 1.92. The maximum atomic E-state index is 10.9. The van der Waals surface area contributed by atoms with E-state index in [4.69, 9.17) is 16.7 Å². The SMILES string of the molecule is CN1c2c(Cl)cc(CC(=O)O)cc2CCC1c1ccccc1. The number of nitrogens with zero attached hydrogens (tertiary/aromatic N) is 1. The minimum absolute atomic E-state index is 0.0127. The van der Waals surface area contributed by atoms with E-state index in [0.717, 1.165) is 29.7 Å². The van der Waals surface area contributed by atoms with E-state index in [0.29, 0.717) is 11.1 Å². The number of carboxylic acids is 1. The lowest BCUT2D eigenvalue weighted by Gasteiger charge is -2.37. The average Bonchev–Trinajstić information content (AvgIpc) is 2.47. The number of aliphatic carboxylic acids is 1. The van der Waals surface area contributed by atoms with Crippen molar-refractivity contribution in [2.24, 2.45) is 0 Å². The summed E-state index contributed by atoms with van der Waals surface area (Å²) in [5, 5.41) is 9.59. The van der Waals surface area contributed by atoms with Gasteiger partial charge in [0.05, 0.1) is 23.2 Å². The van der Waals surface area contributed by atoms with E-state index < -0.39 is 5.97 Å². The predicted molar refractivity (Wildman–Crippen MR) is 88.7 cm³/mol. The third-order valence-corrected chi connectivity index (χ3v) is 4.54. The van der Waals surface area contributed by atoms with Crippen molar-refractivity contribution in [3.63, 3.8) is 0 Å². The molecule has 114 valence electrons. The Morgan fingerprint density at radius 2 is 2.05 bits per heavy atom. The van der Waals surface area contributed by atoms with E-state index in [1.807, 2.05) is 12.1 Å². The number of hydrogen-bond acceptors (Lipinski definition) is 2. The quantitative estimate of drug-likeness (QED) is 0.927. The second-order valence-electron chi connectivity index (χ2n) is 5.73. The van der Waals surface area contributed by atoms with E-state index in [1.54, 1.807) is 6.07 Å². The van der Waals surface area contributed by atoms with Crippen LogP contribution < -0.4 is 4.90 Å². The first-order valence-corrected chi connectivity index (χ1v) is 7.75. The highest BCUT2D eigenvalue weighted by Crippen LogP contribution is 2.42. The monoisotopic (exact) mass is 315 g/mol. The van der Waals surface area contributed by atoms with Crippen LogP contribution in [0.5, 0.6) is 0 Å².